The number of hydrogen-bond acceptors (Lipinski definition) is 3. The molecule has 0 fully saturated rings. The van der Waals surface area contributed by atoms with Crippen molar-refractivity contribution < 1.29 is 31.5 Å². The van der Waals surface area contributed by atoms with Crippen LogP contribution in [-0.2, 0) is 4.84 Å². The highest BCUT2D eigenvalue weighted by Crippen LogP contribution is 2.24. The molecule has 0 bridgehead atoms. The molecule has 0 heterocycles. The summed E-state index contributed by atoms with van der Waals surface area (Å²) in [6, 6.07) is 6.34. The number of amidine groups is 1. The summed E-state index contributed by atoms with van der Waals surface area (Å²) in [6.45, 7) is 4.75. The molecule has 2 rings (SSSR count). The van der Waals surface area contributed by atoms with E-state index in [1.54, 1.807) is 45.0 Å². The first-order valence-corrected chi connectivity index (χ1v) is 8.01. The summed E-state index contributed by atoms with van der Waals surface area (Å²) in [5, 5.41) is 3.51. The highest BCUT2D eigenvalue weighted by molar-refractivity contribution is 6.05. The molecule has 2 aromatic rings. The van der Waals surface area contributed by atoms with Crippen LogP contribution in [0.25, 0.3) is 0 Å². The Bertz CT molecular complexity index is 890. The minimum atomic E-state index is -2.27. The van der Waals surface area contributed by atoms with E-state index in [1.807, 2.05) is 0 Å². The van der Waals surface area contributed by atoms with E-state index in [2.05, 4.69) is 10.1 Å². The predicted molar refractivity (Wildman–Crippen MR) is 94.2 cm³/mol. The average Bonchev–Trinajstić information content (AvgIpc) is 2.66. The van der Waals surface area contributed by atoms with Gasteiger partial charge < -0.3 is 9.57 Å². The summed E-state index contributed by atoms with van der Waals surface area (Å²) in [5.41, 5.74) is -1.72. The second kappa shape index (κ2) is 8.37. The molecular weight excluding hydrogens is 383 g/mol. The van der Waals surface area contributed by atoms with Crippen molar-refractivity contribution >= 4 is 12.1 Å². The van der Waals surface area contributed by atoms with E-state index in [0.29, 0.717) is 11.3 Å². The number of oxime groups is 1. The molecule has 0 radical (unpaired) electrons. The van der Waals surface area contributed by atoms with E-state index in [0.717, 1.165) is 6.21 Å². The molecule has 0 saturated heterocycles. The zero-order chi connectivity index (χ0) is 21.1. The van der Waals surface area contributed by atoms with Gasteiger partial charge in [0, 0.05) is 6.21 Å². The number of rotatable bonds is 4. The van der Waals surface area contributed by atoms with Crippen LogP contribution in [0.1, 0.15) is 31.9 Å². The first kappa shape index (κ1) is 21.3. The molecule has 150 valence electrons. The average molecular weight is 400 g/mol. The molecule has 0 N–H and O–H groups in total. The molecule has 0 saturated carbocycles. The molecule has 0 spiro atoms. The second-order valence-electron chi connectivity index (χ2n) is 6.59. The third-order valence-corrected chi connectivity index (χ3v) is 3.29. The largest absolute Gasteiger partial charge is 0.497 e. The number of hydrogen-bond donors (Lipinski definition) is 0. The Kier molecular flexibility index (Phi) is 6.37. The van der Waals surface area contributed by atoms with Crippen LogP contribution in [-0.4, -0.2) is 24.8 Å². The van der Waals surface area contributed by atoms with Gasteiger partial charge in [-0.1, -0.05) is 5.16 Å². The van der Waals surface area contributed by atoms with Crippen molar-refractivity contribution in [1.82, 2.24) is 0 Å². The highest BCUT2D eigenvalue weighted by Gasteiger charge is 2.29. The minimum absolute atomic E-state index is 0.466. The lowest BCUT2D eigenvalue weighted by Gasteiger charge is -2.16. The van der Waals surface area contributed by atoms with Gasteiger partial charge in [0.05, 0.1) is 7.11 Å². The van der Waals surface area contributed by atoms with Crippen LogP contribution in [0.15, 0.2) is 34.4 Å². The van der Waals surface area contributed by atoms with Crippen molar-refractivity contribution in [2.45, 2.75) is 26.4 Å². The van der Waals surface area contributed by atoms with Crippen LogP contribution in [0, 0.1) is 29.1 Å². The monoisotopic (exact) mass is 400 g/mol. The molecule has 4 nitrogen and oxygen atoms in total. The zero-order valence-corrected chi connectivity index (χ0v) is 15.5. The number of aliphatic imine (C=N–C) groups is 1. The first-order chi connectivity index (χ1) is 13.0. The molecule has 0 atom stereocenters. The van der Waals surface area contributed by atoms with Crippen molar-refractivity contribution in [2.75, 3.05) is 7.11 Å². The Labute approximate surface area is 158 Å². The Balaban J connectivity index is 2.56. The molecule has 0 aliphatic carbocycles. The maximum Gasteiger partial charge on any atom is 0.204 e. The molecule has 28 heavy (non-hydrogen) atoms. The van der Waals surface area contributed by atoms with Crippen LogP contribution in [0.3, 0.4) is 0 Å². The topological polar surface area (TPSA) is 43.2 Å². The van der Waals surface area contributed by atoms with Gasteiger partial charge in [0.25, 0.3) is 0 Å². The van der Waals surface area contributed by atoms with Crippen LogP contribution < -0.4 is 4.74 Å². The first-order valence-electron chi connectivity index (χ1n) is 8.01. The zero-order valence-electron chi connectivity index (χ0n) is 15.5. The van der Waals surface area contributed by atoms with E-state index >= 15 is 0 Å². The van der Waals surface area contributed by atoms with Crippen LogP contribution in [0.4, 0.5) is 22.0 Å². The lowest BCUT2D eigenvalue weighted by atomic mass is 10.1. The van der Waals surface area contributed by atoms with E-state index in [1.165, 1.54) is 7.11 Å². The summed E-state index contributed by atoms with van der Waals surface area (Å²) < 4.78 is 73.7. The Morgan fingerprint density at radius 2 is 1.36 bits per heavy atom. The summed E-state index contributed by atoms with van der Waals surface area (Å²) in [7, 11) is 1.47. The van der Waals surface area contributed by atoms with E-state index in [-0.39, 0.29) is 0 Å². The smallest absolute Gasteiger partial charge is 0.204 e. The minimum Gasteiger partial charge on any atom is -0.497 e. The quantitative estimate of drug-likeness (QED) is 0.181. The van der Waals surface area contributed by atoms with Crippen molar-refractivity contribution in [3.05, 3.63) is 64.5 Å². The summed E-state index contributed by atoms with van der Waals surface area (Å²) in [6.07, 6.45) is 1.14. The Hall–Kier alpha value is -2.97. The molecule has 0 amide bonds. The van der Waals surface area contributed by atoms with E-state index in [4.69, 9.17) is 9.57 Å². The lowest BCUT2D eigenvalue weighted by Crippen LogP contribution is -2.18. The highest BCUT2D eigenvalue weighted by atomic mass is 19.2. The Morgan fingerprint density at radius 3 is 1.82 bits per heavy atom. The van der Waals surface area contributed by atoms with Crippen LogP contribution in [0.5, 0.6) is 5.75 Å². The molecule has 9 heteroatoms. The maximum absolute atomic E-state index is 14.1. The number of methoxy groups -OCH3 is 1. The number of ether oxygens (including phenoxy) is 1. The molecule has 0 unspecified atom stereocenters. The van der Waals surface area contributed by atoms with Crippen molar-refractivity contribution in [2.24, 2.45) is 10.1 Å². The normalized spacial score (nSPS) is 12.5. The molecule has 2 aromatic carbocycles. The number of halogens is 5. The van der Waals surface area contributed by atoms with Gasteiger partial charge in [-0.3, -0.25) is 0 Å². The van der Waals surface area contributed by atoms with Gasteiger partial charge in [0.2, 0.25) is 11.7 Å². The standard InChI is InChI=1S/C19H17F5N2O2/c1-19(2,3)28-26-18(25-9-10-5-7-11(27-4)8-6-10)12-13(20)15(22)17(24)16(23)14(12)21/h5-9H,1-4H3/b25-9?,26-18+. The fourth-order valence-electron chi connectivity index (χ4n) is 1.94. The van der Waals surface area contributed by atoms with E-state index in [9.17, 15) is 22.0 Å². The third-order valence-electron chi connectivity index (χ3n) is 3.29. The summed E-state index contributed by atoms with van der Waals surface area (Å²) >= 11 is 0. The number of benzene rings is 2. The van der Waals surface area contributed by atoms with Crippen LogP contribution >= 0.6 is 0 Å². The van der Waals surface area contributed by atoms with Gasteiger partial charge >= 0.3 is 0 Å². The van der Waals surface area contributed by atoms with E-state index < -0.39 is 46.1 Å². The lowest BCUT2D eigenvalue weighted by molar-refractivity contribution is 0.000780. The van der Waals surface area contributed by atoms with Crippen molar-refractivity contribution in [3.8, 4) is 5.75 Å². The van der Waals surface area contributed by atoms with Crippen molar-refractivity contribution in [3.63, 3.8) is 0 Å². The van der Waals surface area contributed by atoms with Gasteiger partial charge in [-0.05, 0) is 50.6 Å². The molecule has 0 aromatic heterocycles. The summed E-state index contributed by atoms with van der Waals surface area (Å²) in [5.74, 6) is -10.8. The fraction of sp³-hybridized carbons (Fsp3) is 0.263. The summed E-state index contributed by atoms with van der Waals surface area (Å²) in [4.78, 5) is 8.85. The van der Waals surface area contributed by atoms with Gasteiger partial charge in [-0.2, -0.15) is 0 Å². The third kappa shape index (κ3) is 4.85. The SMILES string of the molecule is COc1ccc(C=N/C(=N/OC(C)(C)C)c2c(F)c(F)c(F)c(F)c2F)cc1. The van der Waals surface area contributed by atoms with Crippen molar-refractivity contribution in [1.29, 1.82) is 0 Å². The van der Waals surface area contributed by atoms with Gasteiger partial charge in [-0.15, -0.1) is 0 Å². The van der Waals surface area contributed by atoms with Crippen LogP contribution in [0.2, 0.25) is 0 Å². The molecular formula is C19H17F5N2O2. The van der Waals surface area contributed by atoms with Gasteiger partial charge in [0.1, 0.15) is 16.9 Å². The van der Waals surface area contributed by atoms with Gasteiger partial charge in [-0.25, -0.2) is 26.9 Å². The second-order valence-corrected chi connectivity index (χ2v) is 6.59. The predicted octanol–water partition coefficient (Wildman–Crippen LogP) is 4.99. The Morgan fingerprint density at radius 1 is 0.857 bits per heavy atom. The number of nitrogens with zero attached hydrogens (tertiary/aromatic N) is 2. The maximum atomic E-state index is 14.1. The van der Waals surface area contributed by atoms with Gasteiger partial charge in [0.15, 0.2) is 23.3 Å². The fourth-order valence-corrected chi connectivity index (χ4v) is 1.94. The molecule has 0 aliphatic heterocycles. The molecule has 0 aliphatic rings.